The summed E-state index contributed by atoms with van der Waals surface area (Å²) in [5, 5.41) is 0. The summed E-state index contributed by atoms with van der Waals surface area (Å²) in [4.78, 5) is 19.7. The quantitative estimate of drug-likeness (QED) is 0.521. The molecule has 1 saturated carbocycles. The number of hydrogen-bond acceptors (Lipinski definition) is 6. The zero-order valence-corrected chi connectivity index (χ0v) is 19.4. The molecule has 6 nitrogen and oxygen atoms in total. The van der Waals surface area contributed by atoms with E-state index in [-0.39, 0.29) is 23.8 Å². The number of hydrogen-bond donors (Lipinski definition) is 2. The van der Waals surface area contributed by atoms with E-state index in [2.05, 4.69) is 17.6 Å². The van der Waals surface area contributed by atoms with Crippen molar-refractivity contribution >= 4 is 11.7 Å². The summed E-state index contributed by atoms with van der Waals surface area (Å²) in [7, 11) is 1.66. The van der Waals surface area contributed by atoms with E-state index in [1.807, 2.05) is 57.2 Å². The van der Waals surface area contributed by atoms with Crippen molar-refractivity contribution in [1.29, 1.82) is 0 Å². The lowest BCUT2D eigenvalue weighted by Crippen LogP contribution is -2.47. The molecule has 1 saturated heterocycles. The van der Waals surface area contributed by atoms with Crippen LogP contribution < -0.4 is 16.0 Å². The molecule has 6 heteroatoms. The fourth-order valence-electron chi connectivity index (χ4n) is 5.30. The molecule has 32 heavy (non-hydrogen) atoms. The topological polar surface area (TPSA) is 82.8 Å². The molecule has 1 unspecified atom stereocenters. The Labute approximate surface area is 190 Å². The Bertz CT molecular complexity index is 956. The molecule has 0 radical (unpaired) electrons. The van der Waals surface area contributed by atoms with Gasteiger partial charge in [0.1, 0.15) is 11.4 Å². The number of carbonyl (C=O) groups excluding carboxylic acids is 1. The Balaban J connectivity index is 1.70. The van der Waals surface area contributed by atoms with Crippen molar-refractivity contribution in [2.75, 3.05) is 12.8 Å². The summed E-state index contributed by atoms with van der Waals surface area (Å²) < 4.78 is 11.4. The zero-order chi connectivity index (χ0) is 22.9. The van der Waals surface area contributed by atoms with Gasteiger partial charge in [0, 0.05) is 23.6 Å². The highest BCUT2D eigenvalue weighted by molar-refractivity contribution is 5.75. The lowest BCUT2D eigenvalue weighted by molar-refractivity contribution is -0.170. The molecule has 0 aromatic heterocycles. The Morgan fingerprint density at radius 2 is 1.94 bits per heavy atom. The van der Waals surface area contributed by atoms with Crippen molar-refractivity contribution in [2.45, 2.75) is 69.6 Å². The minimum Gasteiger partial charge on any atom is -0.496 e. The summed E-state index contributed by atoms with van der Waals surface area (Å²) in [5.74, 6) is 0.234. The smallest absolute Gasteiger partial charge is 0.310 e. The van der Waals surface area contributed by atoms with Gasteiger partial charge in [-0.2, -0.15) is 5.48 Å². The Hall–Kier alpha value is -2.57. The molecule has 1 aliphatic heterocycles. The highest BCUT2D eigenvalue weighted by atomic mass is 16.7. The third-order valence-electron chi connectivity index (χ3n) is 6.54. The van der Waals surface area contributed by atoms with Crippen LogP contribution in [0.4, 0.5) is 5.69 Å². The molecule has 3 N–H and O–H groups in total. The van der Waals surface area contributed by atoms with Crippen molar-refractivity contribution in [3.05, 3.63) is 59.7 Å². The maximum absolute atomic E-state index is 13.3. The third kappa shape index (κ3) is 4.48. The van der Waals surface area contributed by atoms with Crippen molar-refractivity contribution in [3.8, 4) is 5.75 Å². The highest BCUT2D eigenvalue weighted by Crippen LogP contribution is 2.54. The van der Waals surface area contributed by atoms with Gasteiger partial charge in [0.05, 0.1) is 24.7 Å². The number of carbonyl (C=O) groups is 1. The van der Waals surface area contributed by atoms with Gasteiger partial charge >= 0.3 is 5.97 Å². The van der Waals surface area contributed by atoms with Crippen LogP contribution in [0.2, 0.25) is 0 Å². The summed E-state index contributed by atoms with van der Waals surface area (Å²) in [5.41, 5.74) is 11.0. The fourth-order valence-corrected chi connectivity index (χ4v) is 5.30. The van der Waals surface area contributed by atoms with Gasteiger partial charge < -0.3 is 15.2 Å². The molecule has 1 spiro atoms. The average molecular weight is 439 g/mol. The molecule has 172 valence electrons. The first-order valence-corrected chi connectivity index (χ1v) is 11.4. The van der Waals surface area contributed by atoms with Crippen molar-refractivity contribution in [1.82, 2.24) is 5.48 Å². The molecular formula is C26H34N2O4. The first kappa shape index (κ1) is 22.6. The van der Waals surface area contributed by atoms with Crippen LogP contribution in [-0.2, 0) is 14.4 Å². The van der Waals surface area contributed by atoms with Crippen LogP contribution in [0.15, 0.2) is 48.5 Å². The van der Waals surface area contributed by atoms with Gasteiger partial charge in [-0.15, -0.1) is 0 Å². The van der Waals surface area contributed by atoms with E-state index in [0.717, 1.165) is 36.1 Å². The number of benzene rings is 2. The molecule has 4 atom stereocenters. The fraction of sp³-hybridized carbons (Fsp3) is 0.500. The van der Waals surface area contributed by atoms with E-state index < -0.39 is 11.2 Å². The van der Waals surface area contributed by atoms with Gasteiger partial charge in [-0.25, -0.2) is 0 Å². The maximum Gasteiger partial charge on any atom is 0.310 e. The highest BCUT2D eigenvalue weighted by Gasteiger charge is 2.55. The lowest BCUT2D eigenvalue weighted by atomic mass is 9.64. The molecule has 2 aromatic carbocycles. The van der Waals surface area contributed by atoms with Gasteiger partial charge in [0.15, 0.2) is 0 Å². The van der Waals surface area contributed by atoms with Gasteiger partial charge in [0.2, 0.25) is 0 Å². The number of rotatable bonds is 4. The second kappa shape index (κ2) is 8.75. The lowest BCUT2D eigenvalue weighted by Gasteiger charge is -2.44. The molecule has 2 aromatic rings. The van der Waals surface area contributed by atoms with E-state index in [1.54, 1.807) is 7.11 Å². The number of esters is 1. The van der Waals surface area contributed by atoms with E-state index in [4.69, 9.17) is 20.0 Å². The Kier molecular flexibility index (Phi) is 6.19. The number of anilines is 1. The summed E-state index contributed by atoms with van der Waals surface area (Å²) in [6, 6.07) is 15.8. The van der Waals surface area contributed by atoms with Crippen LogP contribution in [0.5, 0.6) is 5.75 Å². The zero-order valence-electron chi connectivity index (χ0n) is 19.4. The number of nitrogen functional groups attached to an aromatic ring is 1. The number of ether oxygens (including phenoxy) is 2. The van der Waals surface area contributed by atoms with Gasteiger partial charge in [-0.1, -0.05) is 30.3 Å². The molecule has 4 rings (SSSR count). The monoisotopic (exact) mass is 438 g/mol. The molecular weight excluding hydrogens is 404 g/mol. The standard InChI is InChI=1S/C26H34N2O4/c1-25(2,3)31-24(29)19-11-8-14-26(23(19)17-9-6-5-7-10-17)16-21(28-32-26)20-15-18(27)12-13-22(20)30-4/h5-7,9-10,12-13,15,19,21,23,28H,8,11,14,16,27H2,1-4H3/t19?,21-,23+,26+/m0/s1. The van der Waals surface area contributed by atoms with Crippen LogP contribution in [-0.4, -0.2) is 24.3 Å². The second-order valence-corrected chi connectivity index (χ2v) is 9.96. The summed E-state index contributed by atoms with van der Waals surface area (Å²) >= 11 is 0. The molecule has 2 aliphatic rings. The van der Waals surface area contributed by atoms with Gasteiger partial charge in [-0.3, -0.25) is 9.63 Å². The van der Waals surface area contributed by atoms with Crippen LogP contribution in [0.3, 0.4) is 0 Å². The number of methoxy groups -OCH3 is 1. The van der Waals surface area contributed by atoms with Gasteiger partial charge in [-0.05, 0) is 63.8 Å². The average Bonchev–Trinajstić information content (AvgIpc) is 3.17. The summed E-state index contributed by atoms with van der Waals surface area (Å²) in [6.07, 6.45) is 3.26. The Morgan fingerprint density at radius 3 is 2.62 bits per heavy atom. The van der Waals surface area contributed by atoms with Crippen LogP contribution in [0.1, 0.15) is 69.5 Å². The third-order valence-corrected chi connectivity index (χ3v) is 6.54. The normalized spacial score (nSPS) is 27.9. The Morgan fingerprint density at radius 1 is 1.19 bits per heavy atom. The van der Waals surface area contributed by atoms with E-state index in [0.29, 0.717) is 12.1 Å². The maximum atomic E-state index is 13.3. The minimum absolute atomic E-state index is 0.0861. The van der Waals surface area contributed by atoms with E-state index in [9.17, 15) is 4.79 Å². The number of nitrogens with two attached hydrogens (primary N) is 1. The first-order chi connectivity index (χ1) is 15.2. The SMILES string of the molecule is COc1ccc(N)cc1[C@@H]1C[C@@]2(CCCC(C(=O)OC(C)(C)C)[C@H]2c2ccccc2)ON1. The van der Waals surface area contributed by atoms with Crippen molar-refractivity contribution < 1.29 is 19.1 Å². The largest absolute Gasteiger partial charge is 0.496 e. The minimum atomic E-state index is -0.533. The molecule has 2 fully saturated rings. The molecule has 0 amide bonds. The van der Waals surface area contributed by atoms with Crippen LogP contribution >= 0.6 is 0 Å². The second-order valence-electron chi connectivity index (χ2n) is 9.96. The predicted molar refractivity (Wildman–Crippen MR) is 124 cm³/mol. The molecule has 0 bridgehead atoms. The predicted octanol–water partition coefficient (Wildman–Crippen LogP) is 4.91. The summed E-state index contributed by atoms with van der Waals surface area (Å²) in [6.45, 7) is 5.74. The molecule has 1 heterocycles. The first-order valence-electron chi connectivity index (χ1n) is 11.4. The van der Waals surface area contributed by atoms with E-state index in [1.165, 1.54) is 0 Å². The molecule has 1 aliphatic carbocycles. The van der Waals surface area contributed by atoms with Crippen molar-refractivity contribution in [2.24, 2.45) is 5.92 Å². The van der Waals surface area contributed by atoms with Crippen LogP contribution in [0, 0.1) is 5.92 Å². The van der Waals surface area contributed by atoms with E-state index >= 15 is 0 Å². The van der Waals surface area contributed by atoms with Gasteiger partial charge in [0.25, 0.3) is 0 Å². The van der Waals surface area contributed by atoms with Crippen LogP contribution in [0.25, 0.3) is 0 Å². The number of hydroxylamine groups is 1. The van der Waals surface area contributed by atoms with Crippen molar-refractivity contribution in [3.63, 3.8) is 0 Å². The number of nitrogens with one attached hydrogen (secondary N) is 1.